The summed E-state index contributed by atoms with van der Waals surface area (Å²) in [6, 6.07) is 6.98. The van der Waals surface area contributed by atoms with Crippen molar-refractivity contribution in [3.63, 3.8) is 0 Å². The lowest BCUT2D eigenvalue weighted by molar-refractivity contribution is -0.143. The number of halogens is 1. The molecule has 0 N–H and O–H groups in total. The van der Waals surface area contributed by atoms with Crippen LogP contribution in [-0.4, -0.2) is 17.1 Å². The van der Waals surface area contributed by atoms with Gasteiger partial charge in [-0.15, -0.1) is 0 Å². The van der Waals surface area contributed by atoms with Gasteiger partial charge >= 0.3 is 5.97 Å². The third-order valence-corrected chi connectivity index (χ3v) is 3.73. The van der Waals surface area contributed by atoms with E-state index < -0.39 is 0 Å². The van der Waals surface area contributed by atoms with E-state index in [1.54, 1.807) is 31.3 Å². The minimum atomic E-state index is -0.312. The molecular weight excluding hydrogens is 316 g/mol. The summed E-state index contributed by atoms with van der Waals surface area (Å²) in [5, 5.41) is 10.0. The molecule has 0 saturated heterocycles. The van der Waals surface area contributed by atoms with E-state index >= 15 is 0 Å². The van der Waals surface area contributed by atoms with Crippen LogP contribution in [0.25, 0.3) is 10.9 Å². The number of ether oxygens (including phenoxy) is 1. The zero-order valence-electron chi connectivity index (χ0n) is 12.8. The van der Waals surface area contributed by atoms with Crippen molar-refractivity contribution in [3.05, 3.63) is 45.2 Å². The molecule has 2 rings (SSSR count). The van der Waals surface area contributed by atoms with Gasteiger partial charge in [0.25, 0.3) is 0 Å². The van der Waals surface area contributed by atoms with Crippen LogP contribution in [-0.2, 0) is 16.1 Å². The second kappa shape index (κ2) is 7.80. The molecule has 0 bridgehead atoms. The smallest absolute Gasteiger partial charge is 0.305 e. The molecule has 6 heteroatoms. The van der Waals surface area contributed by atoms with E-state index in [1.807, 2.05) is 10.6 Å². The van der Waals surface area contributed by atoms with Crippen LogP contribution >= 0.6 is 11.6 Å². The van der Waals surface area contributed by atoms with Gasteiger partial charge in [0.15, 0.2) is 0 Å². The molecule has 1 heterocycles. The number of pyridine rings is 1. The van der Waals surface area contributed by atoms with Crippen LogP contribution in [0.4, 0.5) is 0 Å². The maximum atomic E-state index is 12.2. The largest absolute Gasteiger partial charge is 0.466 e. The molecule has 0 aliphatic heterocycles. The predicted octanol–water partition coefficient (Wildman–Crippen LogP) is 3.26. The Kier molecular flexibility index (Phi) is 5.78. The number of nitrogens with zero attached hydrogens (tertiary/aromatic N) is 2. The van der Waals surface area contributed by atoms with Gasteiger partial charge in [0.1, 0.15) is 11.6 Å². The second-order valence-electron chi connectivity index (χ2n) is 5.10. The number of hydrogen-bond donors (Lipinski definition) is 0. The van der Waals surface area contributed by atoms with Crippen molar-refractivity contribution in [1.29, 1.82) is 5.26 Å². The number of aryl methyl sites for hydroxylation is 1. The van der Waals surface area contributed by atoms with Crippen LogP contribution in [0.3, 0.4) is 0 Å². The number of esters is 1. The van der Waals surface area contributed by atoms with E-state index in [-0.39, 0.29) is 17.0 Å². The van der Waals surface area contributed by atoms with Crippen LogP contribution in [0, 0.1) is 11.3 Å². The van der Waals surface area contributed by atoms with Crippen LogP contribution in [0.1, 0.15) is 31.7 Å². The van der Waals surface area contributed by atoms with Crippen LogP contribution in [0.5, 0.6) is 0 Å². The van der Waals surface area contributed by atoms with Gasteiger partial charge in [-0.3, -0.25) is 9.59 Å². The van der Waals surface area contributed by atoms with Gasteiger partial charge in [-0.05, 0) is 38.0 Å². The number of unbranched alkanes of at least 4 members (excludes halogenated alkanes) is 1. The van der Waals surface area contributed by atoms with Crippen molar-refractivity contribution < 1.29 is 9.53 Å². The average Bonchev–Trinajstić information content (AvgIpc) is 2.54. The molecule has 0 spiro atoms. The summed E-state index contributed by atoms with van der Waals surface area (Å²) in [5.74, 6) is -0.207. The molecule has 0 aliphatic carbocycles. The molecule has 0 atom stereocenters. The first-order valence-electron chi connectivity index (χ1n) is 7.45. The normalized spacial score (nSPS) is 10.5. The maximum Gasteiger partial charge on any atom is 0.305 e. The van der Waals surface area contributed by atoms with Crippen molar-refractivity contribution in [2.75, 3.05) is 6.61 Å². The van der Waals surface area contributed by atoms with E-state index in [4.69, 9.17) is 21.6 Å². The monoisotopic (exact) mass is 332 g/mol. The van der Waals surface area contributed by atoms with Crippen LogP contribution < -0.4 is 5.43 Å². The summed E-state index contributed by atoms with van der Waals surface area (Å²) >= 11 is 5.95. The first-order chi connectivity index (χ1) is 11.1. The van der Waals surface area contributed by atoms with Crippen LogP contribution in [0.15, 0.2) is 29.2 Å². The summed E-state index contributed by atoms with van der Waals surface area (Å²) in [6.07, 6.45) is 3.35. The fraction of sp³-hybridized carbons (Fsp3) is 0.353. The van der Waals surface area contributed by atoms with E-state index in [0.717, 1.165) is 11.9 Å². The van der Waals surface area contributed by atoms with Crippen molar-refractivity contribution in [3.8, 4) is 6.07 Å². The Labute approximate surface area is 139 Å². The molecule has 0 radical (unpaired) electrons. The van der Waals surface area contributed by atoms with E-state index in [0.29, 0.717) is 36.4 Å². The zero-order valence-corrected chi connectivity index (χ0v) is 13.6. The Morgan fingerprint density at radius 2 is 2.17 bits per heavy atom. The van der Waals surface area contributed by atoms with Gasteiger partial charge in [0, 0.05) is 29.6 Å². The van der Waals surface area contributed by atoms with Crippen LogP contribution in [0.2, 0.25) is 5.02 Å². The molecule has 0 aliphatic rings. The van der Waals surface area contributed by atoms with E-state index in [1.165, 1.54) is 0 Å². The standard InChI is InChI=1S/C17H17ClN2O3/c1-2-23-16(21)5-3-4-8-20-11-12(10-19)17(22)14-9-13(18)6-7-15(14)20/h6-7,9,11H,2-5,8H2,1H3. The molecule has 1 aromatic heterocycles. The van der Waals surface area contributed by atoms with Gasteiger partial charge < -0.3 is 9.30 Å². The highest BCUT2D eigenvalue weighted by Gasteiger charge is 2.09. The summed E-state index contributed by atoms with van der Waals surface area (Å²) in [7, 11) is 0. The predicted molar refractivity (Wildman–Crippen MR) is 88.4 cm³/mol. The summed E-state index contributed by atoms with van der Waals surface area (Å²) in [5.41, 5.74) is 0.507. The molecule has 23 heavy (non-hydrogen) atoms. The quantitative estimate of drug-likeness (QED) is 0.601. The Bertz CT molecular complexity index is 821. The number of carbonyl (C=O) groups excluding carboxylic acids is 1. The molecule has 0 amide bonds. The Morgan fingerprint density at radius 3 is 2.87 bits per heavy atom. The molecule has 1 aromatic carbocycles. The lowest BCUT2D eigenvalue weighted by Gasteiger charge is -2.11. The molecule has 0 saturated carbocycles. The molecule has 0 fully saturated rings. The highest BCUT2D eigenvalue weighted by Crippen LogP contribution is 2.18. The Balaban J connectivity index is 2.20. The maximum absolute atomic E-state index is 12.2. The second-order valence-corrected chi connectivity index (χ2v) is 5.54. The number of carbonyl (C=O) groups is 1. The van der Waals surface area contributed by atoms with E-state index in [2.05, 4.69) is 0 Å². The minimum absolute atomic E-state index is 0.0881. The number of fused-ring (bicyclic) bond motifs is 1. The average molecular weight is 333 g/mol. The Morgan fingerprint density at radius 1 is 1.39 bits per heavy atom. The fourth-order valence-electron chi connectivity index (χ4n) is 2.42. The topological polar surface area (TPSA) is 72.1 Å². The molecule has 120 valence electrons. The lowest BCUT2D eigenvalue weighted by Crippen LogP contribution is -2.13. The number of aromatic nitrogens is 1. The van der Waals surface area contributed by atoms with Gasteiger partial charge in [0.2, 0.25) is 5.43 Å². The fourth-order valence-corrected chi connectivity index (χ4v) is 2.59. The lowest BCUT2D eigenvalue weighted by atomic mass is 10.1. The third kappa shape index (κ3) is 4.11. The highest BCUT2D eigenvalue weighted by atomic mass is 35.5. The van der Waals surface area contributed by atoms with Gasteiger partial charge in [-0.1, -0.05) is 11.6 Å². The summed E-state index contributed by atoms with van der Waals surface area (Å²) in [4.78, 5) is 23.5. The highest BCUT2D eigenvalue weighted by molar-refractivity contribution is 6.31. The van der Waals surface area contributed by atoms with Gasteiger partial charge in [-0.2, -0.15) is 5.26 Å². The number of rotatable bonds is 6. The molecule has 0 unspecified atom stereocenters. The third-order valence-electron chi connectivity index (χ3n) is 3.50. The first kappa shape index (κ1) is 17.0. The minimum Gasteiger partial charge on any atom is -0.466 e. The molecular formula is C17H17ClN2O3. The number of nitriles is 1. The van der Waals surface area contributed by atoms with Crippen molar-refractivity contribution in [2.45, 2.75) is 32.7 Å². The summed E-state index contributed by atoms with van der Waals surface area (Å²) < 4.78 is 6.74. The van der Waals surface area contributed by atoms with Crippen molar-refractivity contribution in [1.82, 2.24) is 4.57 Å². The van der Waals surface area contributed by atoms with E-state index in [9.17, 15) is 9.59 Å². The zero-order chi connectivity index (χ0) is 16.8. The molecule has 5 nitrogen and oxygen atoms in total. The van der Waals surface area contributed by atoms with Crippen molar-refractivity contribution >= 4 is 28.5 Å². The van der Waals surface area contributed by atoms with Gasteiger partial charge in [-0.25, -0.2) is 0 Å². The molecule has 2 aromatic rings. The number of hydrogen-bond acceptors (Lipinski definition) is 4. The SMILES string of the molecule is CCOC(=O)CCCCn1cc(C#N)c(=O)c2cc(Cl)ccc21. The summed E-state index contributed by atoms with van der Waals surface area (Å²) in [6.45, 7) is 2.76. The number of benzene rings is 1. The van der Waals surface area contributed by atoms with Crippen molar-refractivity contribution in [2.24, 2.45) is 0 Å². The Hall–Kier alpha value is -2.32. The first-order valence-corrected chi connectivity index (χ1v) is 7.83. The van der Waals surface area contributed by atoms with Gasteiger partial charge in [0.05, 0.1) is 12.1 Å².